The lowest BCUT2D eigenvalue weighted by Gasteiger charge is -2.49. The van der Waals surface area contributed by atoms with Crippen LogP contribution in [-0.2, 0) is 23.9 Å². The molecular weight excluding hydrogens is 460 g/mol. The topological polar surface area (TPSA) is 48.5 Å². The van der Waals surface area contributed by atoms with Crippen molar-refractivity contribution in [2.24, 2.45) is 5.92 Å². The number of carbonyl (C=O) groups excluding carboxylic acids is 1. The van der Waals surface area contributed by atoms with Crippen LogP contribution in [0.3, 0.4) is 0 Å². The van der Waals surface area contributed by atoms with E-state index in [1.54, 1.807) is 36.7 Å². The first-order chi connectivity index (χ1) is 16.8. The van der Waals surface area contributed by atoms with Crippen molar-refractivity contribution in [3.8, 4) is 0 Å². The van der Waals surface area contributed by atoms with E-state index >= 15 is 0 Å². The van der Waals surface area contributed by atoms with E-state index in [2.05, 4.69) is 10.3 Å². The summed E-state index contributed by atoms with van der Waals surface area (Å²) >= 11 is 0. The molecule has 35 heavy (non-hydrogen) atoms. The van der Waals surface area contributed by atoms with Gasteiger partial charge in [-0.25, -0.2) is 4.39 Å². The smallest absolute Gasteiger partial charge is 0.365 e. The summed E-state index contributed by atoms with van der Waals surface area (Å²) < 4.78 is 54.7. The number of nitrogens with zero attached hydrogens (tertiary/aromatic N) is 3. The van der Waals surface area contributed by atoms with Gasteiger partial charge in [0.25, 0.3) is 0 Å². The van der Waals surface area contributed by atoms with Crippen molar-refractivity contribution in [3.63, 3.8) is 0 Å². The van der Waals surface area contributed by atoms with Crippen LogP contribution in [0, 0.1) is 11.7 Å². The molecule has 1 N–H and O–H groups in total. The quantitative estimate of drug-likeness (QED) is 0.557. The largest absolute Gasteiger partial charge is 0.416 e. The number of alkyl halides is 3. The van der Waals surface area contributed by atoms with Crippen molar-refractivity contribution in [1.82, 2.24) is 10.3 Å². The highest BCUT2D eigenvalue weighted by Gasteiger charge is 2.43. The van der Waals surface area contributed by atoms with Gasteiger partial charge in [0.15, 0.2) is 0 Å². The van der Waals surface area contributed by atoms with E-state index in [1.807, 2.05) is 15.9 Å². The zero-order valence-electron chi connectivity index (χ0n) is 18.8. The first-order valence-corrected chi connectivity index (χ1v) is 11.4. The first kappa shape index (κ1) is 23.1. The number of hydrogen-bond donors (Lipinski definition) is 1. The zero-order valence-corrected chi connectivity index (χ0v) is 18.8. The summed E-state index contributed by atoms with van der Waals surface area (Å²) in [6.45, 7) is 1.60. The number of piperazine rings is 1. The molecule has 1 saturated heterocycles. The van der Waals surface area contributed by atoms with E-state index in [0.717, 1.165) is 17.7 Å². The van der Waals surface area contributed by atoms with Crippen LogP contribution >= 0.6 is 0 Å². The third-order valence-corrected chi connectivity index (χ3v) is 6.76. The van der Waals surface area contributed by atoms with E-state index in [1.165, 1.54) is 12.1 Å². The standard InChI is InChI=1S/C26H24F4N4O/c27-21-5-1-2-6-23(21)33-10-11-34-22-8-7-19(26(28,29)30)12-18(22)13-20(24(34)16-33)25(35)32-15-17-4-3-9-31-14-17/h1-9,12,14,20,24H,10-11,13,15-16H2,(H,32,35)/t20-,24+/m1/s1. The highest BCUT2D eigenvalue weighted by Crippen LogP contribution is 2.40. The lowest BCUT2D eigenvalue weighted by atomic mass is 9.82. The van der Waals surface area contributed by atoms with E-state index in [-0.39, 0.29) is 30.7 Å². The second kappa shape index (κ2) is 9.20. The Morgan fingerprint density at radius 2 is 1.89 bits per heavy atom. The van der Waals surface area contributed by atoms with Crippen molar-refractivity contribution < 1.29 is 22.4 Å². The van der Waals surface area contributed by atoms with Crippen LogP contribution in [0.5, 0.6) is 0 Å². The molecule has 0 bridgehead atoms. The van der Waals surface area contributed by atoms with Crippen molar-refractivity contribution in [1.29, 1.82) is 0 Å². The minimum Gasteiger partial charge on any atom is -0.365 e. The van der Waals surface area contributed by atoms with Crippen LogP contribution in [0.1, 0.15) is 16.7 Å². The molecule has 0 spiro atoms. The fourth-order valence-electron chi connectivity index (χ4n) is 5.05. The molecule has 1 fully saturated rings. The molecule has 2 aliphatic rings. The van der Waals surface area contributed by atoms with Gasteiger partial charge in [-0.05, 0) is 53.9 Å². The molecule has 0 aliphatic carbocycles. The number of pyridine rings is 1. The maximum atomic E-state index is 14.5. The number of benzene rings is 2. The Labute approximate surface area is 200 Å². The average Bonchev–Trinajstić information content (AvgIpc) is 2.86. The third kappa shape index (κ3) is 4.67. The van der Waals surface area contributed by atoms with Crippen molar-refractivity contribution in [2.45, 2.75) is 25.2 Å². The molecule has 5 nitrogen and oxygen atoms in total. The van der Waals surface area contributed by atoms with Crippen molar-refractivity contribution in [2.75, 3.05) is 29.4 Å². The number of amides is 1. The molecule has 0 saturated carbocycles. The molecule has 182 valence electrons. The Morgan fingerprint density at radius 1 is 1.06 bits per heavy atom. The SMILES string of the molecule is O=C(NCc1cccnc1)[C@@H]1Cc2cc(C(F)(F)F)ccc2N2CCN(c3ccccc3F)C[C@@H]12. The van der Waals surface area contributed by atoms with Gasteiger partial charge in [0.05, 0.1) is 23.2 Å². The highest BCUT2D eigenvalue weighted by atomic mass is 19.4. The molecule has 2 aliphatic heterocycles. The number of anilines is 2. The van der Waals surface area contributed by atoms with Crippen LogP contribution in [0.15, 0.2) is 67.0 Å². The van der Waals surface area contributed by atoms with Gasteiger partial charge in [0.2, 0.25) is 5.91 Å². The van der Waals surface area contributed by atoms with Crippen LogP contribution in [0.25, 0.3) is 0 Å². The lowest BCUT2D eigenvalue weighted by molar-refractivity contribution is -0.137. The van der Waals surface area contributed by atoms with Crippen LogP contribution in [0.4, 0.5) is 28.9 Å². The minimum absolute atomic E-state index is 0.171. The predicted octanol–water partition coefficient (Wildman–Crippen LogP) is 4.42. The first-order valence-electron chi connectivity index (χ1n) is 11.4. The number of hydrogen-bond acceptors (Lipinski definition) is 4. The van der Waals surface area contributed by atoms with Gasteiger partial charge < -0.3 is 15.1 Å². The molecule has 3 heterocycles. The Morgan fingerprint density at radius 3 is 2.63 bits per heavy atom. The summed E-state index contributed by atoms with van der Waals surface area (Å²) in [6.07, 6.45) is -1.00. The van der Waals surface area contributed by atoms with Crippen molar-refractivity contribution >= 4 is 17.3 Å². The van der Waals surface area contributed by atoms with Crippen molar-refractivity contribution in [3.05, 3.63) is 89.5 Å². The molecule has 5 rings (SSSR count). The van der Waals surface area contributed by atoms with Gasteiger partial charge in [-0.15, -0.1) is 0 Å². The normalized spacial score (nSPS) is 19.7. The molecule has 9 heteroatoms. The molecule has 3 aromatic rings. The number of para-hydroxylation sites is 1. The highest BCUT2D eigenvalue weighted by molar-refractivity contribution is 5.82. The van der Waals surface area contributed by atoms with Gasteiger partial charge in [-0.1, -0.05) is 18.2 Å². The Bertz CT molecular complexity index is 1220. The van der Waals surface area contributed by atoms with Gasteiger partial charge in [0, 0.05) is 44.3 Å². The Balaban J connectivity index is 1.45. The van der Waals surface area contributed by atoms with E-state index in [0.29, 0.717) is 36.6 Å². The number of halogens is 4. The minimum atomic E-state index is -4.46. The monoisotopic (exact) mass is 484 g/mol. The van der Waals surface area contributed by atoms with Gasteiger partial charge in [0.1, 0.15) is 5.82 Å². The maximum Gasteiger partial charge on any atom is 0.416 e. The number of rotatable bonds is 4. The summed E-state index contributed by atoms with van der Waals surface area (Å²) in [7, 11) is 0. The summed E-state index contributed by atoms with van der Waals surface area (Å²) in [4.78, 5) is 21.3. The van der Waals surface area contributed by atoms with Crippen LogP contribution in [-0.4, -0.2) is 36.6 Å². The number of fused-ring (bicyclic) bond motifs is 3. The van der Waals surface area contributed by atoms with E-state index in [9.17, 15) is 22.4 Å². The van der Waals surface area contributed by atoms with Gasteiger partial charge >= 0.3 is 6.18 Å². The number of aromatic nitrogens is 1. The average molecular weight is 484 g/mol. The van der Waals surface area contributed by atoms with Crippen LogP contribution < -0.4 is 15.1 Å². The molecule has 0 radical (unpaired) electrons. The van der Waals surface area contributed by atoms with Crippen LogP contribution in [0.2, 0.25) is 0 Å². The Kier molecular flexibility index (Phi) is 6.08. The fraction of sp³-hybridized carbons (Fsp3) is 0.308. The molecule has 1 amide bonds. The fourth-order valence-corrected chi connectivity index (χ4v) is 5.05. The second-order valence-electron chi connectivity index (χ2n) is 8.89. The number of nitrogens with one attached hydrogen (secondary N) is 1. The molecule has 2 aromatic carbocycles. The second-order valence-corrected chi connectivity index (χ2v) is 8.89. The van der Waals surface area contributed by atoms with Gasteiger partial charge in [-0.2, -0.15) is 13.2 Å². The molecule has 2 atom stereocenters. The predicted molar refractivity (Wildman–Crippen MR) is 124 cm³/mol. The van der Waals surface area contributed by atoms with E-state index < -0.39 is 17.7 Å². The van der Waals surface area contributed by atoms with E-state index in [4.69, 9.17) is 0 Å². The summed E-state index contributed by atoms with van der Waals surface area (Å²) in [5.41, 5.74) is 1.75. The summed E-state index contributed by atoms with van der Waals surface area (Å²) in [5, 5.41) is 2.92. The molecule has 0 unspecified atom stereocenters. The molecule has 1 aromatic heterocycles. The lowest BCUT2D eigenvalue weighted by Crippen LogP contribution is -2.61. The summed E-state index contributed by atoms with van der Waals surface area (Å²) in [5.74, 6) is -1.19. The Hall–Kier alpha value is -3.62. The molecular formula is C26H24F4N4O. The third-order valence-electron chi connectivity index (χ3n) is 6.76. The summed E-state index contributed by atoms with van der Waals surface area (Å²) in [6, 6.07) is 13.5. The number of carbonyl (C=O) groups is 1. The van der Waals surface area contributed by atoms with Gasteiger partial charge in [-0.3, -0.25) is 9.78 Å². The maximum absolute atomic E-state index is 14.5. The zero-order chi connectivity index (χ0) is 24.6.